The minimum absolute atomic E-state index is 0.0750. The Hall–Kier alpha value is -2.60. The zero-order valence-electron chi connectivity index (χ0n) is 18.0. The van der Waals surface area contributed by atoms with Gasteiger partial charge in [-0.2, -0.15) is 11.8 Å². The van der Waals surface area contributed by atoms with Crippen LogP contribution in [0.4, 0.5) is 0 Å². The van der Waals surface area contributed by atoms with E-state index in [0.29, 0.717) is 24.3 Å². The molecule has 4 unspecified atom stereocenters. The van der Waals surface area contributed by atoms with Gasteiger partial charge in [0, 0.05) is 18.3 Å². The van der Waals surface area contributed by atoms with Crippen molar-refractivity contribution in [1.82, 2.24) is 25.9 Å². The molecule has 0 bridgehead atoms. The highest BCUT2D eigenvalue weighted by atomic mass is 32.2. The fraction of sp³-hybridized carbons (Fsp3) is 0.632. The van der Waals surface area contributed by atoms with Crippen LogP contribution in [0.2, 0.25) is 0 Å². The largest absolute Gasteiger partial charge is 0.480 e. The maximum absolute atomic E-state index is 12.8. The van der Waals surface area contributed by atoms with Crippen molar-refractivity contribution in [2.45, 2.75) is 51.2 Å². The Kier molecular flexibility index (Phi) is 11.6. The Morgan fingerprint density at radius 3 is 2.52 bits per heavy atom. The van der Waals surface area contributed by atoms with Gasteiger partial charge in [0.25, 0.3) is 0 Å². The molecule has 0 fully saturated rings. The summed E-state index contributed by atoms with van der Waals surface area (Å²) in [6.45, 7) is 3.19. The number of nitrogens with zero attached hydrogens (tertiary/aromatic N) is 1. The number of aliphatic carboxylic acids is 1. The molecule has 1 aromatic rings. The molecule has 12 heteroatoms. The average Bonchev–Trinajstić information content (AvgIpc) is 3.25. The lowest BCUT2D eigenvalue weighted by atomic mass is 9.98. The van der Waals surface area contributed by atoms with Crippen molar-refractivity contribution < 1.29 is 24.3 Å². The van der Waals surface area contributed by atoms with Crippen LogP contribution >= 0.6 is 11.8 Å². The minimum atomic E-state index is -1.15. The monoisotopic (exact) mass is 456 g/mol. The summed E-state index contributed by atoms with van der Waals surface area (Å²) in [6.07, 6.45) is 5.94. The molecule has 174 valence electrons. The van der Waals surface area contributed by atoms with E-state index in [1.165, 1.54) is 12.5 Å². The van der Waals surface area contributed by atoms with Gasteiger partial charge in [0.05, 0.1) is 18.9 Å². The smallest absolute Gasteiger partial charge is 0.326 e. The summed E-state index contributed by atoms with van der Waals surface area (Å²) in [6, 6.07) is -2.87. The number of H-pyrrole nitrogens is 1. The van der Waals surface area contributed by atoms with Crippen LogP contribution in [0.5, 0.6) is 0 Å². The summed E-state index contributed by atoms with van der Waals surface area (Å²) < 4.78 is 0. The van der Waals surface area contributed by atoms with Crippen LogP contribution in [0, 0.1) is 5.92 Å². The fourth-order valence-corrected chi connectivity index (χ4v) is 3.17. The predicted octanol–water partition coefficient (Wildman–Crippen LogP) is -0.751. The Morgan fingerprint density at radius 1 is 1.26 bits per heavy atom. The van der Waals surface area contributed by atoms with Gasteiger partial charge in [-0.15, -0.1) is 0 Å². The number of imidazole rings is 1. The first kappa shape index (κ1) is 26.4. The number of hydrogen-bond donors (Lipinski definition) is 6. The molecule has 0 spiro atoms. The van der Waals surface area contributed by atoms with Crippen molar-refractivity contribution in [2.75, 3.05) is 18.6 Å². The molecule has 4 atom stereocenters. The number of aromatic nitrogens is 2. The Labute approximate surface area is 185 Å². The first-order valence-electron chi connectivity index (χ1n) is 10.0. The summed E-state index contributed by atoms with van der Waals surface area (Å²) in [4.78, 5) is 55.3. The van der Waals surface area contributed by atoms with E-state index >= 15 is 0 Å². The minimum Gasteiger partial charge on any atom is -0.480 e. The van der Waals surface area contributed by atoms with E-state index in [2.05, 4.69) is 25.9 Å². The lowest BCUT2D eigenvalue weighted by Crippen LogP contribution is -2.55. The molecule has 0 aliphatic rings. The molecule has 0 aromatic carbocycles. The highest BCUT2D eigenvalue weighted by molar-refractivity contribution is 7.98. The summed E-state index contributed by atoms with van der Waals surface area (Å²) in [5.74, 6) is -2.43. The van der Waals surface area contributed by atoms with Crippen molar-refractivity contribution in [1.29, 1.82) is 0 Å². The number of nitrogens with one attached hydrogen (secondary N) is 4. The van der Waals surface area contributed by atoms with E-state index in [4.69, 9.17) is 5.73 Å². The fourth-order valence-electron chi connectivity index (χ4n) is 2.68. The molecule has 1 aromatic heterocycles. The normalized spacial score (nSPS) is 14.7. The maximum Gasteiger partial charge on any atom is 0.326 e. The van der Waals surface area contributed by atoms with E-state index in [1.54, 1.807) is 18.7 Å². The van der Waals surface area contributed by atoms with Crippen LogP contribution in [0.1, 0.15) is 32.4 Å². The lowest BCUT2D eigenvalue weighted by Gasteiger charge is -2.24. The van der Waals surface area contributed by atoms with E-state index in [9.17, 15) is 24.3 Å². The zero-order valence-corrected chi connectivity index (χ0v) is 18.8. The quantitative estimate of drug-likeness (QED) is 0.211. The topological polar surface area (TPSA) is 179 Å². The van der Waals surface area contributed by atoms with Crippen LogP contribution < -0.4 is 21.7 Å². The molecule has 7 N–H and O–H groups in total. The van der Waals surface area contributed by atoms with Crippen molar-refractivity contribution >= 4 is 35.5 Å². The van der Waals surface area contributed by atoms with Gasteiger partial charge in [-0.1, -0.05) is 20.3 Å². The van der Waals surface area contributed by atoms with E-state index < -0.39 is 41.8 Å². The van der Waals surface area contributed by atoms with Gasteiger partial charge in [-0.05, 0) is 24.3 Å². The first-order chi connectivity index (χ1) is 14.7. The average molecular weight is 457 g/mol. The number of carbonyl (C=O) groups is 4. The number of carboxylic acids is 1. The van der Waals surface area contributed by atoms with Crippen LogP contribution in [0.25, 0.3) is 0 Å². The van der Waals surface area contributed by atoms with Gasteiger partial charge in [-0.25, -0.2) is 9.78 Å². The highest BCUT2D eigenvalue weighted by Gasteiger charge is 2.30. The van der Waals surface area contributed by atoms with E-state index in [1.807, 2.05) is 13.2 Å². The molecular formula is C19H32N6O5S. The van der Waals surface area contributed by atoms with Crippen molar-refractivity contribution in [3.8, 4) is 0 Å². The number of amides is 3. The van der Waals surface area contributed by atoms with Gasteiger partial charge in [0.15, 0.2) is 0 Å². The van der Waals surface area contributed by atoms with Gasteiger partial charge in [0.1, 0.15) is 12.1 Å². The molecular weight excluding hydrogens is 424 g/mol. The SMILES string of the molecule is CCC(C)C(NC(=O)C(Cc1cnc[nH]1)NC(=O)CNC(=O)C(N)CCSC)C(=O)O. The first-order valence-corrected chi connectivity index (χ1v) is 11.4. The Bertz CT molecular complexity index is 729. The standard InChI is InChI=1S/C19H32N6O5S/c1-4-11(2)16(19(29)30)25-18(28)14(7-12-8-21-10-23-12)24-15(26)9-22-17(27)13(20)5-6-31-3/h8,10-11,13-14,16H,4-7,9,20H2,1-3H3,(H,21,23)(H,22,27)(H,24,26)(H,25,28)(H,29,30). The molecule has 0 radical (unpaired) electrons. The van der Waals surface area contributed by atoms with Crippen molar-refractivity contribution in [2.24, 2.45) is 11.7 Å². The Morgan fingerprint density at radius 2 is 1.97 bits per heavy atom. The molecule has 1 rings (SSSR count). The molecule has 0 saturated heterocycles. The lowest BCUT2D eigenvalue weighted by molar-refractivity contribution is -0.143. The third kappa shape index (κ3) is 9.39. The molecule has 0 aliphatic carbocycles. The molecule has 0 aliphatic heterocycles. The number of thioether (sulfide) groups is 1. The third-order valence-electron chi connectivity index (χ3n) is 4.80. The summed E-state index contributed by atoms with van der Waals surface area (Å²) in [5, 5.41) is 16.9. The van der Waals surface area contributed by atoms with Gasteiger partial charge >= 0.3 is 5.97 Å². The third-order valence-corrected chi connectivity index (χ3v) is 5.44. The second-order valence-electron chi connectivity index (χ2n) is 7.22. The van der Waals surface area contributed by atoms with Crippen LogP contribution in [-0.2, 0) is 25.6 Å². The predicted molar refractivity (Wildman–Crippen MR) is 117 cm³/mol. The summed E-state index contributed by atoms with van der Waals surface area (Å²) >= 11 is 1.56. The van der Waals surface area contributed by atoms with Gasteiger partial charge in [0.2, 0.25) is 17.7 Å². The second kappa shape index (κ2) is 13.7. The Balaban J connectivity index is 2.77. The van der Waals surface area contributed by atoms with Crippen LogP contribution in [0.15, 0.2) is 12.5 Å². The van der Waals surface area contributed by atoms with Gasteiger partial charge < -0.3 is 31.8 Å². The molecule has 11 nitrogen and oxygen atoms in total. The highest BCUT2D eigenvalue weighted by Crippen LogP contribution is 2.09. The molecule has 1 heterocycles. The number of rotatable bonds is 14. The number of hydrogen-bond acceptors (Lipinski definition) is 7. The number of carboxylic acid groups (broad SMARTS) is 1. The molecule has 3 amide bonds. The molecule has 31 heavy (non-hydrogen) atoms. The summed E-state index contributed by atoms with van der Waals surface area (Å²) in [5.41, 5.74) is 6.35. The van der Waals surface area contributed by atoms with Crippen molar-refractivity contribution in [3.63, 3.8) is 0 Å². The van der Waals surface area contributed by atoms with Crippen molar-refractivity contribution in [3.05, 3.63) is 18.2 Å². The van der Waals surface area contributed by atoms with E-state index in [-0.39, 0.29) is 18.9 Å². The number of carbonyl (C=O) groups excluding carboxylic acids is 3. The van der Waals surface area contributed by atoms with E-state index in [0.717, 1.165) is 0 Å². The number of aromatic amines is 1. The number of nitrogens with two attached hydrogens (primary N) is 1. The maximum atomic E-state index is 12.8. The molecule has 0 saturated carbocycles. The second-order valence-corrected chi connectivity index (χ2v) is 8.20. The van der Waals surface area contributed by atoms with Gasteiger partial charge in [-0.3, -0.25) is 14.4 Å². The summed E-state index contributed by atoms with van der Waals surface area (Å²) in [7, 11) is 0. The van der Waals surface area contributed by atoms with Crippen LogP contribution in [-0.4, -0.2) is 75.4 Å². The van der Waals surface area contributed by atoms with Crippen LogP contribution in [0.3, 0.4) is 0 Å². The zero-order chi connectivity index (χ0) is 23.4.